The highest BCUT2D eigenvalue weighted by Gasteiger charge is 2.16. The largest absolute Gasteiger partial charge is 0.496 e. The second-order valence-electron chi connectivity index (χ2n) is 5.40. The molecule has 1 aromatic heterocycles. The van der Waals surface area contributed by atoms with Gasteiger partial charge in [0.1, 0.15) is 11.6 Å². The van der Waals surface area contributed by atoms with Crippen LogP contribution in [-0.4, -0.2) is 24.0 Å². The number of halogens is 2. The second-order valence-corrected chi connectivity index (χ2v) is 5.81. The number of carbonyl (C=O) groups is 1. The molecule has 0 aliphatic carbocycles. The maximum Gasteiger partial charge on any atom is 0.280 e. The number of pyridine rings is 1. The van der Waals surface area contributed by atoms with Crippen LogP contribution in [0.5, 0.6) is 5.75 Å². The molecule has 4 N–H and O–H groups in total. The zero-order valence-electron chi connectivity index (χ0n) is 13.7. The van der Waals surface area contributed by atoms with Gasteiger partial charge in [0.2, 0.25) is 0 Å². The topological polar surface area (TPSA) is 104 Å². The molecule has 3 rings (SSSR count). The van der Waals surface area contributed by atoms with E-state index in [-0.39, 0.29) is 11.5 Å². The van der Waals surface area contributed by atoms with Crippen molar-refractivity contribution < 1.29 is 13.9 Å². The summed E-state index contributed by atoms with van der Waals surface area (Å²) in [4.78, 5) is 20.0. The first kappa shape index (κ1) is 17.6. The summed E-state index contributed by atoms with van der Waals surface area (Å²) >= 11 is 6.23. The van der Waals surface area contributed by atoms with Crippen LogP contribution in [0, 0.1) is 5.82 Å². The molecule has 0 aliphatic heterocycles. The van der Waals surface area contributed by atoms with Crippen molar-refractivity contribution in [3.8, 4) is 17.0 Å². The molecule has 0 spiro atoms. The molecule has 0 bridgehead atoms. The Morgan fingerprint density at radius 3 is 2.65 bits per heavy atom. The molecule has 132 valence electrons. The zero-order valence-corrected chi connectivity index (χ0v) is 14.4. The first-order valence-corrected chi connectivity index (χ1v) is 7.84. The number of rotatable bonds is 3. The molecular weight excluding hydrogens is 359 g/mol. The van der Waals surface area contributed by atoms with Gasteiger partial charge in [-0.15, -0.1) is 0 Å². The molecule has 8 heteroatoms. The van der Waals surface area contributed by atoms with Gasteiger partial charge in [-0.2, -0.15) is 4.99 Å². The van der Waals surface area contributed by atoms with E-state index in [4.69, 9.17) is 27.8 Å². The Hall–Kier alpha value is -3.19. The number of hydrogen-bond acceptors (Lipinski definition) is 3. The predicted octanol–water partition coefficient (Wildman–Crippen LogP) is 3.12. The third-order valence-corrected chi connectivity index (χ3v) is 4.04. The quantitative estimate of drug-likeness (QED) is 0.543. The molecule has 26 heavy (non-hydrogen) atoms. The summed E-state index contributed by atoms with van der Waals surface area (Å²) in [6.45, 7) is 0. The fourth-order valence-corrected chi connectivity index (χ4v) is 2.81. The molecule has 0 atom stereocenters. The van der Waals surface area contributed by atoms with E-state index in [0.717, 1.165) is 0 Å². The maximum absolute atomic E-state index is 13.5. The van der Waals surface area contributed by atoms with Crippen molar-refractivity contribution in [1.29, 1.82) is 0 Å². The van der Waals surface area contributed by atoms with E-state index in [1.807, 2.05) is 0 Å². The number of aromatic nitrogens is 1. The summed E-state index contributed by atoms with van der Waals surface area (Å²) in [7, 11) is 1.43. The zero-order chi connectivity index (χ0) is 18.8. The molecule has 0 fully saturated rings. The van der Waals surface area contributed by atoms with E-state index < -0.39 is 11.7 Å². The number of nitrogens with zero attached hydrogens (tertiary/aromatic N) is 2. The normalized spacial score (nSPS) is 10.6. The fraction of sp³-hybridized carbons (Fsp3) is 0.0556. The number of guanidine groups is 1. The van der Waals surface area contributed by atoms with E-state index in [0.29, 0.717) is 32.8 Å². The van der Waals surface area contributed by atoms with Crippen LogP contribution in [-0.2, 0) is 0 Å². The van der Waals surface area contributed by atoms with E-state index in [2.05, 4.69) is 9.98 Å². The lowest BCUT2D eigenvalue weighted by Crippen LogP contribution is -2.24. The molecule has 6 nitrogen and oxygen atoms in total. The number of benzene rings is 2. The summed E-state index contributed by atoms with van der Waals surface area (Å²) in [6.07, 6.45) is 1.49. The van der Waals surface area contributed by atoms with E-state index in [1.165, 1.54) is 25.4 Å². The van der Waals surface area contributed by atoms with E-state index >= 15 is 0 Å². The minimum atomic E-state index is -0.594. The third kappa shape index (κ3) is 3.29. The minimum absolute atomic E-state index is 0.261. The highest BCUT2D eigenvalue weighted by atomic mass is 35.5. The van der Waals surface area contributed by atoms with Crippen LogP contribution in [0.3, 0.4) is 0 Å². The van der Waals surface area contributed by atoms with Gasteiger partial charge in [-0.05, 0) is 24.3 Å². The Morgan fingerprint density at radius 1 is 1.19 bits per heavy atom. The predicted molar refractivity (Wildman–Crippen MR) is 98.8 cm³/mol. The monoisotopic (exact) mass is 372 g/mol. The van der Waals surface area contributed by atoms with Crippen molar-refractivity contribution in [3.63, 3.8) is 0 Å². The number of amides is 1. The van der Waals surface area contributed by atoms with E-state index in [9.17, 15) is 9.18 Å². The first-order chi connectivity index (χ1) is 12.4. The molecule has 0 radical (unpaired) electrons. The van der Waals surface area contributed by atoms with Gasteiger partial charge in [0.15, 0.2) is 5.96 Å². The molecule has 0 saturated heterocycles. The molecule has 0 aliphatic rings. The molecular formula is C18H14ClFN4O2. The number of nitrogens with two attached hydrogens (primary N) is 2. The number of carbonyl (C=O) groups excluding carboxylic acids is 1. The number of hydrogen-bond donors (Lipinski definition) is 2. The van der Waals surface area contributed by atoms with Crippen molar-refractivity contribution in [2.75, 3.05) is 7.11 Å². The van der Waals surface area contributed by atoms with Gasteiger partial charge in [-0.3, -0.25) is 9.78 Å². The Kier molecular flexibility index (Phi) is 4.73. The molecule has 0 saturated carbocycles. The summed E-state index contributed by atoms with van der Waals surface area (Å²) in [5.74, 6) is -1.06. The maximum atomic E-state index is 13.5. The van der Waals surface area contributed by atoms with Gasteiger partial charge in [0.25, 0.3) is 5.91 Å². The van der Waals surface area contributed by atoms with Crippen molar-refractivity contribution >= 4 is 34.2 Å². The number of fused-ring (bicyclic) bond motifs is 1. The Labute approximate surface area is 153 Å². The average molecular weight is 373 g/mol. The Balaban J connectivity index is 2.28. The minimum Gasteiger partial charge on any atom is -0.496 e. The Morgan fingerprint density at radius 2 is 1.96 bits per heavy atom. The molecule has 3 aromatic rings. The van der Waals surface area contributed by atoms with Gasteiger partial charge in [0, 0.05) is 34.2 Å². The summed E-state index contributed by atoms with van der Waals surface area (Å²) in [5, 5.41) is 1.66. The molecule has 2 aromatic carbocycles. The van der Waals surface area contributed by atoms with Crippen LogP contribution in [0.2, 0.25) is 5.02 Å². The van der Waals surface area contributed by atoms with Crippen molar-refractivity contribution in [1.82, 2.24) is 4.98 Å². The van der Waals surface area contributed by atoms with Crippen LogP contribution in [0.1, 0.15) is 10.4 Å². The number of aliphatic imine (C=N–C) groups is 1. The molecule has 0 unspecified atom stereocenters. The van der Waals surface area contributed by atoms with Gasteiger partial charge in [0.05, 0.1) is 17.8 Å². The Bertz CT molecular complexity index is 1050. The number of methoxy groups -OCH3 is 1. The summed E-state index contributed by atoms with van der Waals surface area (Å²) < 4.78 is 18.8. The van der Waals surface area contributed by atoms with Crippen molar-refractivity contribution in [3.05, 3.63) is 59.0 Å². The lowest BCUT2D eigenvalue weighted by Gasteiger charge is -2.12. The summed E-state index contributed by atoms with van der Waals surface area (Å²) in [6, 6.07) is 8.93. The lowest BCUT2D eigenvalue weighted by molar-refractivity contribution is 0.100. The number of ether oxygens (including phenoxy) is 1. The smallest absolute Gasteiger partial charge is 0.280 e. The van der Waals surface area contributed by atoms with Gasteiger partial charge in [-0.25, -0.2) is 4.39 Å². The highest BCUT2D eigenvalue weighted by molar-refractivity contribution is 6.35. The standard InChI is InChI=1S/C18H14ClFN4O2/c1-26-15-7-10(20)3-5-12(15)16-13-6-9(17(25)24-18(21)22)2-4-11(13)14(19)8-23-16/h2-8H,1H3,(H4,21,22,24,25). The van der Waals surface area contributed by atoms with Crippen LogP contribution in [0.15, 0.2) is 47.6 Å². The third-order valence-electron chi connectivity index (χ3n) is 3.74. The van der Waals surface area contributed by atoms with Gasteiger partial charge < -0.3 is 16.2 Å². The van der Waals surface area contributed by atoms with Gasteiger partial charge >= 0.3 is 0 Å². The highest BCUT2D eigenvalue weighted by Crippen LogP contribution is 2.36. The van der Waals surface area contributed by atoms with Crippen LogP contribution in [0.25, 0.3) is 22.0 Å². The SMILES string of the molecule is COc1cc(F)ccc1-c1ncc(Cl)c2ccc(C(=O)N=C(N)N)cc12. The lowest BCUT2D eigenvalue weighted by atomic mass is 10.0. The van der Waals surface area contributed by atoms with Crippen LogP contribution >= 0.6 is 11.6 Å². The average Bonchev–Trinajstić information content (AvgIpc) is 2.61. The van der Waals surface area contributed by atoms with E-state index in [1.54, 1.807) is 24.3 Å². The fourth-order valence-electron chi connectivity index (χ4n) is 2.60. The first-order valence-electron chi connectivity index (χ1n) is 7.47. The van der Waals surface area contributed by atoms with Crippen LogP contribution in [0.4, 0.5) is 4.39 Å². The van der Waals surface area contributed by atoms with Crippen molar-refractivity contribution in [2.45, 2.75) is 0 Å². The van der Waals surface area contributed by atoms with Crippen molar-refractivity contribution in [2.24, 2.45) is 16.5 Å². The van der Waals surface area contributed by atoms with Gasteiger partial charge in [-0.1, -0.05) is 17.7 Å². The van der Waals surface area contributed by atoms with Crippen LogP contribution < -0.4 is 16.2 Å². The molecule has 1 heterocycles. The molecule has 1 amide bonds. The summed E-state index contributed by atoms with van der Waals surface area (Å²) in [5.41, 5.74) is 11.8. The second kappa shape index (κ2) is 6.97.